The first kappa shape index (κ1) is 18.5. The first-order valence-corrected chi connectivity index (χ1v) is 10.4. The average Bonchev–Trinajstić information content (AvgIpc) is 3.45. The Balaban J connectivity index is 1.52. The van der Waals surface area contributed by atoms with Gasteiger partial charge in [0.1, 0.15) is 18.1 Å². The molecular formula is C21H16NO4S2-. The normalized spacial score (nSPS) is 10.9. The number of carbonyl (C=O) groups excluding carboxylic acids is 1. The van der Waals surface area contributed by atoms with E-state index in [1.807, 2.05) is 53.2 Å². The van der Waals surface area contributed by atoms with Crippen molar-refractivity contribution in [3.8, 4) is 27.0 Å². The van der Waals surface area contributed by atoms with Crippen LogP contribution in [0.2, 0.25) is 0 Å². The van der Waals surface area contributed by atoms with Crippen LogP contribution in [0.25, 0.3) is 21.2 Å². The van der Waals surface area contributed by atoms with E-state index < -0.39 is 12.6 Å². The van der Waals surface area contributed by atoms with Crippen molar-refractivity contribution in [1.82, 2.24) is 4.98 Å². The van der Waals surface area contributed by atoms with Crippen LogP contribution in [-0.4, -0.2) is 17.6 Å². The molecule has 7 heteroatoms. The molecule has 0 bridgehead atoms. The third kappa shape index (κ3) is 4.32. The van der Waals surface area contributed by atoms with Gasteiger partial charge >= 0.3 is 0 Å². The van der Waals surface area contributed by atoms with Gasteiger partial charge in [-0.2, -0.15) is 0 Å². The van der Waals surface area contributed by atoms with Gasteiger partial charge in [-0.05, 0) is 47.0 Å². The van der Waals surface area contributed by atoms with Gasteiger partial charge in [-0.25, -0.2) is 4.98 Å². The third-order valence-electron chi connectivity index (χ3n) is 4.05. The number of ether oxygens (including phenoxy) is 1. The molecule has 28 heavy (non-hydrogen) atoms. The molecule has 0 aliphatic heterocycles. The van der Waals surface area contributed by atoms with Gasteiger partial charge < -0.3 is 19.1 Å². The molecule has 4 aromatic rings. The Hall–Kier alpha value is -2.90. The van der Waals surface area contributed by atoms with Crippen molar-refractivity contribution >= 4 is 28.6 Å². The minimum absolute atomic E-state index is 0.461. The van der Waals surface area contributed by atoms with Gasteiger partial charge in [0, 0.05) is 6.42 Å². The van der Waals surface area contributed by atoms with Gasteiger partial charge in [-0.1, -0.05) is 24.3 Å². The highest BCUT2D eigenvalue weighted by Gasteiger charge is 2.18. The first-order chi connectivity index (χ1) is 13.7. The van der Waals surface area contributed by atoms with E-state index in [4.69, 9.17) is 14.1 Å². The van der Waals surface area contributed by atoms with E-state index >= 15 is 0 Å². The van der Waals surface area contributed by atoms with Crippen LogP contribution < -0.4 is 9.84 Å². The summed E-state index contributed by atoms with van der Waals surface area (Å²) in [6.45, 7) is -0.461. The van der Waals surface area contributed by atoms with E-state index in [0.717, 1.165) is 26.8 Å². The van der Waals surface area contributed by atoms with Crippen LogP contribution in [-0.2, 0) is 17.6 Å². The summed E-state index contributed by atoms with van der Waals surface area (Å²) in [6, 6.07) is 15.4. The van der Waals surface area contributed by atoms with Crippen molar-refractivity contribution < 1.29 is 19.1 Å². The van der Waals surface area contributed by atoms with Crippen molar-refractivity contribution in [2.24, 2.45) is 0 Å². The lowest BCUT2D eigenvalue weighted by molar-refractivity contribution is -0.307. The van der Waals surface area contributed by atoms with Crippen molar-refractivity contribution in [2.75, 3.05) is 6.61 Å². The molecule has 0 aliphatic carbocycles. The van der Waals surface area contributed by atoms with E-state index in [1.54, 1.807) is 28.7 Å². The molecule has 0 aliphatic rings. The number of carboxylic acids is 1. The molecule has 0 saturated heterocycles. The van der Waals surface area contributed by atoms with Crippen LogP contribution >= 0.6 is 22.7 Å². The number of thiophene rings is 2. The number of hydrogen-bond acceptors (Lipinski definition) is 7. The number of rotatable bonds is 8. The largest absolute Gasteiger partial charge is 0.546 e. The first-order valence-electron chi connectivity index (χ1n) is 8.68. The van der Waals surface area contributed by atoms with Crippen LogP contribution in [0.5, 0.6) is 5.75 Å². The summed E-state index contributed by atoms with van der Waals surface area (Å²) in [4.78, 5) is 17.4. The molecule has 1 aromatic carbocycles. The number of carboxylic acid groups (broad SMARTS) is 1. The minimum Gasteiger partial charge on any atom is -0.546 e. The average molecular weight is 410 g/mol. The van der Waals surface area contributed by atoms with Gasteiger partial charge in [0.05, 0.1) is 15.7 Å². The molecule has 142 valence electrons. The fourth-order valence-corrected chi connectivity index (χ4v) is 4.23. The Morgan fingerprint density at radius 1 is 1.04 bits per heavy atom. The summed E-state index contributed by atoms with van der Waals surface area (Å²) >= 11 is 3.26. The molecule has 0 spiro atoms. The summed E-state index contributed by atoms with van der Waals surface area (Å²) < 4.78 is 11.3. The van der Waals surface area contributed by atoms with E-state index in [-0.39, 0.29) is 0 Å². The quantitative estimate of drug-likeness (QED) is 0.438. The lowest BCUT2D eigenvalue weighted by atomic mass is 10.1. The zero-order chi connectivity index (χ0) is 19.3. The molecule has 3 heterocycles. The van der Waals surface area contributed by atoms with Crippen molar-refractivity contribution in [2.45, 2.75) is 12.8 Å². The Morgan fingerprint density at radius 3 is 2.54 bits per heavy atom. The highest BCUT2D eigenvalue weighted by Crippen LogP contribution is 2.37. The number of aryl methyl sites for hydroxylation is 2. The minimum atomic E-state index is -1.24. The number of benzene rings is 1. The van der Waals surface area contributed by atoms with Gasteiger partial charge in [0.25, 0.3) is 0 Å². The van der Waals surface area contributed by atoms with E-state index in [0.29, 0.717) is 24.5 Å². The second-order valence-electron chi connectivity index (χ2n) is 6.05. The second-order valence-corrected chi connectivity index (χ2v) is 7.94. The third-order valence-corrected chi connectivity index (χ3v) is 5.80. The highest BCUT2D eigenvalue weighted by atomic mass is 32.1. The summed E-state index contributed by atoms with van der Waals surface area (Å²) in [5.41, 5.74) is 1.89. The number of aromatic nitrogens is 1. The van der Waals surface area contributed by atoms with Crippen molar-refractivity contribution in [1.29, 1.82) is 0 Å². The predicted octanol–water partition coefficient (Wildman–Crippen LogP) is 4.05. The van der Waals surface area contributed by atoms with Crippen LogP contribution in [0, 0.1) is 0 Å². The van der Waals surface area contributed by atoms with Crippen molar-refractivity contribution in [3.63, 3.8) is 0 Å². The zero-order valence-corrected chi connectivity index (χ0v) is 16.4. The lowest BCUT2D eigenvalue weighted by Crippen LogP contribution is -2.28. The zero-order valence-electron chi connectivity index (χ0n) is 14.8. The number of oxazole rings is 1. The fourth-order valence-electron chi connectivity index (χ4n) is 2.81. The molecule has 5 nitrogen and oxygen atoms in total. The molecule has 0 amide bonds. The number of nitrogens with zero attached hydrogens (tertiary/aromatic N) is 1. The Labute approximate surface area is 169 Å². The van der Waals surface area contributed by atoms with Crippen LogP contribution in [0.4, 0.5) is 0 Å². The lowest BCUT2D eigenvalue weighted by Gasteiger charge is -2.08. The Morgan fingerprint density at radius 2 is 1.82 bits per heavy atom. The molecule has 0 saturated carbocycles. The maximum atomic E-state index is 10.5. The number of hydrogen-bond donors (Lipinski definition) is 0. The maximum Gasteiger partial charge on any atom is 0.195 e. The topological polar surface area (TPSA) is 75.4 Å². The SMILES string of the molecule is O=C([O-])COc1cccc(CCc2nc(-c3cccs3)c(-c3cccs3)o2)c1. The van der Waals surface area contributed by atoms with E-state index in [1.165, 1.54) is 0 Å². The Kier molecular flexibility index (Phi) is 5.55. The molecular weight excluding hydrogens is 394 g/mol. The van der Waals surface area contributed by atoms with E-state index in [2.05, 4.69) is 0 Å². The van der Waals surface area contributed by atoms with Crippen LogP contribution in [0.3, 0.4) is 0 Å². The molecule has 0 unspecified atom stereocenters. The highest BCUT2D eigenvalue weighted by molar-refractivity contribution is 7.14. The van der Waals surface area contributed by atoms with Crippen LogP contribution in [0.15, 0.2) is 63.7 Å². The monoisotopic (exact) mass is 410 g/mol. The molecule has 3 aromatic heterocycles. The van der Waals surface area contributed by atoms with Crippen LogP contribution in [0.1, 0.15) is 11.5 Å². The van der Waals surface area contributed by atoms with Gasteiger partial charge in [0.15, 0.2) is 11.7 Å². The molecule has 0 fully saturated rings. The molecule has 0 atom stereocenters. The summed E-state index contributed by atoms with van der Waals surface area (Å²) in [5, 5.41) is 14.6. The maximum absolute atomic E-state index is 10.5. The summed E-state index contributed by atoms with van der Waals surface area (Å²) in [5.74, 6) is 0.742. The second kappa shape index (κ2) is 8.41. The molecule has 4 rings (SSSR count). The van der Waals surface area contributed by atoms with Gasteiger partial charge in [-0.15, -0.1) is 22.7 Å². The molecule has 0 radical (unpaired) electrons. The Bertz CT molecular complexity index is 1000. The fraction of sp³-hybridized carbons (Fsp3) is 0.143. The number of carbonyl (C=O) groups is 1. The van der Waals surface area contributed by atoms with Gasteiger partial charge in [0.2, 0.25) is 0 Å². The summed E-state index contributed by atoms with van der Waals surface area (Å²) in [6.07, 6.45) is 1.34. The van der Waals surface area contributed by atoms with Crippen molar-refractivity contribution in [3.05, 3.63) is 70.7 Å². The summed E-state index contributed by atoms with van der Waals surface area (Å²) in [7, 11) is 0. The van der Waals surface area contributed by atoms with Gasteiger partial charge in [-0.3, -0.25) is 0 Å². The number of aliphatic carboxylic acids is 1. The van der Waals surface area contributed by atoms with E-state index in [9.17, 15) is 9.90 Å². The predicted molar refractivity (Wildman–Crippen MR) is 107 cm³/mol. The standard InChI is InChI=1S/C21H17NO4S2/c23-19(24)13-25-15-5-1-4-14(12-15)8-9-18-22-20(16-6-2-10-27-16)21(26-18)17-7-3-11-28-17/h1-7,10-12H,8-9,13H2,(H,23,24)/p-1. The smallest absolute Gasteiger partial charge is 0.195 e. The molecule has 0 N–H and O–H groups in total.